The summed E-state index contributed by atoms with van der Waals surface area (Å²) >= 11 is 0. The molecule has 0 fully saturated rings. The molecule has 0 radical (unpaired) electrons. The second-order valence-electron chi connectivity index (χ2n) is 8.08. The highest BCUT2D eigenvalue weighted by Crippen LogP contribution is 2.37. The first-order valence-electron chi connectivity index (χ1n) is 9.59. The summed E-state index contributed by atoms with van der Waals surface area (Å²) in [7, 11) is -3.96. The first kappa shape index (κ1) is 21.0. The van der Waals surface area contributed by atoms with Crippen molar-refractivity contribution >= 4 is 27.4 Å². The van der Waals surface area contributed by atoms with Crippen LogP contribution >= 0.6 is 0 Å². The fourth-order valence-electron chi connectivity index (χ4n) is 3.76. The molecule has 2 heterocycles. The quantitative estimate of drug-likeness (QED) is 0.536. The Hall–Kier alpha value is -3.24. The Morgan fingerprint density at radius 2 is 1.97 bits per heavy atom. The first-order chi connectivity index (χ1) is 14.6. The first-order valence-corrected chi connectivity index (χ1v) is 11.0. The van der Waals surface area contributed by atoms with Crippen LogP contribution in [0.2, 0.25) is 0 Å². The molecular formula is C21H22FN5O3S. The van der Waals surface area contributed by atoms with Crippen LogP contribution in [0.15, 0.2) is 53.4 Å². The SMILES string of the molecule is CC1(C)CN(S(=O)(=O)c2cccc(F)c2)Cc2c(NC(=O)c3ccccc3N)n[nH]c21. The maximum Gasteiger partial charge on any atom is 0.258 e. The third kappa shape index (κ3) is 3.79. The number of halogens is 1. The number of rotatable bonds is 4. The normalized spacial score (nSPS) is 16.0. The average molecular weight is 444 g/mol. The molecule has 0 saturated carbocycles. The Kier molecular flexibility index (Phi) is 5.06. The van der Waals surface area contributed by atoms with E-state index in [2.05, 4.69) is 15.5 Å². The molecular weight excluding hydrogens is 421 g/mol. The number of sulfonamides is 1. The summed E-state index contributed by atoms with van der Waals surface area (Å²) in [5.74, 6) is -0.847. The number of nitrogens with one attached hydrogen (secondary N) is 2. The third-order valence-corrected chi connectivity index (χ3v) is 7.11. The number of fused-ring (bicyclic) bond motifs is 1. The number of benzene rings is 2. The van der Waals surface area contributed by atoms with Crippen molar-refractivity contribution in [2.75, 3.05) is 17.6 Å². The number of aromatic nitrogens is 2. The molecule has 2 aromatic carbocycles. The zero-order valence-electron chi connectivity index (χ0n) is 17.0. The van der Waals surface area contributed by atoms with Gasteiger partial charge in [0.05, 0.1) is 10.5 Å². The van der Waals surface area contributed by atoms with Crippen LogP contribution in [0.25, 0.3) is 0 Å². The Morgan fingerprint density at radius 3 is 2.68 bits per heavy atom. The van der Waals surface area contributed by atoms with Gasteiger partial charge in [-0.05, 0) is 30.3 Å². The number of anilines is 2. The van der Waals surface area contributed by atoms with Gasteiger partial charge in [0.1, 0.15) is 5.82 Å². The van der Waals surface area contributed by atoms with Crippen LogP contribution in [-0.4, -0.2) is 35.4 Å². The van der Waals surface area contributed by atoms with Gasteiger partial charge in [0.25, 0.3) is 5.91 Å². The van der Waals surface area contributed by atoms with E-state index in [4.69, 9.17) is 5.73 Å². The highest BCUT2D eigenvalue weighted by Gasteiger charge is 2.41. The predicted molar refractivity (Wildman–Crippen MR) is 114 cm³/mol. The van der Waals surface area contributed by atoms with E-state index < -0.39 is 27.2 Å². The maximum atomic E-state index is 13.7. The number of para-hydroxylation sites is 1. The Morgan fingerprint density at radius 1 is 1.23 bits per heavy atom. The zero-order chi connectivity index (χ0) is 22.4. The molecule has 0 bridgehead atoms. The van der Waals surface area contributed by atoms with E-state index in [0.717, 1.165) is 11.8 Å². The summed E-state index contributed by atoms with van der Waals surface area (Å²) in [5.41, 5.74) is 7.16. The van der Waals surface area contributed by atoms with Crippen LogP contribution in [0.4, 0.5) is 15.9 Å². The van der Waals surface area contributed by atoms with Gasteiger partial charge in [0.2, 0.25) is 10.0 Å². The van der Waals surface area contributed by atoms with Crippen LogP contribution in [0, 0.1) is 5.82 Å². The minimum atomic E-state index is -3.96. The number of nitrogen functional groups attached to an aromatic ring is 1. The van der Waals surface area contributed by atoms with E-state index in [0.29, 0.717) is 16.8 Å². The molecule has 4 rings (SSSR count). The summed E-state index contributed by atoms with van der Waals surface area (Å²) in [5, 5.41) is 9.87. The van der Waals surface area contributed by atoms with Gasteiger partial charge >= 0.3 is 0 Å². The van der Waals surface area contributed by atoms with Gasteiger partial charge in [-0.3, -0.25) is 9.89 Å². The fourth-order valence-corrected chi connectivity index (χ4v) is 5.36. The lowest BCUT2D eigenvalue weighted by Gasteiger charge is -2.36. The number of nitrogens with two attached hydrogens (primary N) is 1. The summed E-state index contributed by atoms with van der Waals surface area (Å²) in [4.78, 5) is 12.6. The topological polar surface area (TPSA) is 121 Å². The van der Waals surface area contributed by atoms with Crippen LogP contribution in [0.1, 0.15) is 35.5 Å². The Balaban J connectivity index is 1.69. The van der Waals surface area contributed by atoms with Crippen molar-refractivity contribution in [2.24, 2.45) is 0 Å². The molecule has 4 N–H and O–H groups in total. The maximum absolute atomic E-state index is 13.7. The zero-order valence-corrected chi connectivity index (χ0v) is 17.8. The van der Waals surface area contributed by atoms with Gasteiger partial charge in [-0.2, -0.15) is 9.40 Å². The predicted octanol–water partition coefficient (Wildman–Crippen LogP) is 2.87. The second-order valence-corrected chi connectivity index (χ2v) is 10.0. The van der Waals surface area contributed by atoms with Crippen molar-refractivity contribution in [1.29, 1.82) is 0 Å². The monoisotopic (exact) mass is 443 g/mol. The molecule has 3 aromatic rings. The van der Waals surface area contributed by atoms with E-state index in [-0.39, 0.29) is 23.8 Å². The molecule has 1 aromatic heterocycles. The molecule has 0 aliphatic carbocycles. The van der Waals surface area contributed by atoms with Crippen molar-refractivity contribution < 1.29 is 17.6 Å². The number of nitrogens with zero attached hydrogens (tertiary/aromatic N) is 2. The molecule has 10 heteroatoms. The lowest BCUT2D eigenvalue weighted by molar-refractivity contribution is 0.102. The summed E-state index contributed by atoms with van der Waals surface area (Å²) in [6.45, 7) is 3.89. The van der Waals surface area contributed by atoms with Crippen LogP contribution in [0.3, 0.4) is 0 Å². The molecule has 8 nitrogen and oxygen atoms in total. The van der Waals surface area contributed by atoms with E-state index in [1.54, 1.807) is 24.3 Å². The molecule has 0 atom stereocenters. The average Bonchev–Trinajstić information content (AvgIpc) is 3.11. The largest absolute Gasteiger partial charge is 0.398 e. The molecule has 162 valence electrons. The van der Waals surface area contributed by atoms with Crippen molar-refractivity contribution in [2.45, 2.75) is 30.7 Å². The molecule has 0 unspecified atom stereocenters. The van der Waals surface area contributed by atoms with Gasteiger partial charge in [-0.15, -0.1) is 0 Å². The molecule has 0 saturated heterocycles. The van der Waals surface area contributed by atoms with Gasteiger partial charge in [-0.25, -0.2) is 12.8 Å². The lowest BCUT2D eigenvalue weighted by atomic mass is 9.84. The molecule has 1 amide bonds. The Labute approximate surface area is 179 Å². The Bertz CT molecular complexity index is 1270. The third-order valence-electron chi connectivity index (χ3n) is 5.32. The van der Waals surface area contributed by atoms with Gasteiger partial charge in [-0.1, -0.05) is 32.0 Å². The van der Waals surface area contributed by atoms with Gasteiger partial charge in [0, 0.05) is 35.4 Å². The van der Waals surface area contributed by atoms with E-state index >= 15 is 0 Å². The van der Waals surface area contributed by atoms with E-state index in [1.165, 1.54) is 22.5 Å². The second kappa shape index (κ2) is 7.47. The van der Waals surface area contributed by atoms with Crippen LogP contribution < -0.4 is 11.1 Å². The fraction of sp³-hybridized carbons (Fsp3) is 0.238. The molecule has 1 aliphatic heterocycles. The number of hydrogen-bond acceptors (Lipinski definition) is 5. The van der Waals surface area contributed by atoms with Crippen molar-refractivity contribution in [3.63, 3.8) is 0 Å². The van der Waals surface area contributed by atoms with E-state index in [1.807, 2.05) is 13.8 Å². The number of aromatic amines is 1. The van der Waals surface area contributed by atoms with Crippen molar-refractivity contribution in [3.05, 3.63) is 71.2 Å². The minimum Gasteiger partial charge on any atom is -0.398 e. The molecule has 1 aliphatic rings. The highest BCUT2D eigenvalue weighted by molar-refractivity contribution is 7.89. The minimum absolute atomic E-state index is 0.0198. The summed E-state index contributed by atoms with van der Waals surface area (Å²) < 4.78 is 41.3. The standard InChI is InChI=1S/C21H22FN5O3S/c1-21(2)12-27(31(29,30)14-7-5-6-13(22)10-14)11-16-18(21)25-26-19(16)24-20(28)15-8-3-4-9-17(15)23/h3-10H,11-12,23H2,1-2H3,(H2,24,25,26,28). The van der Waals surface area contributed by atoms with Gasteiger partial charge in [0.15, 0.2) is 5.82 Å². The smallest absolute Gasteiger partial charge is 0.258 e. The number of amides is 1. The van der Waals surface area contributed by atoms with Crippen LogP contribution in [-0.2, 0) is 22.0 Å². The number of carbonyl (C=O) groups excluding carboxylic acids is 1. The van der Waals surface area contributed by atoms with Crippen LogP contribution in [0.5, 0.6) is 0 Å². The van der Waals surface area contributed by atoms with Crippen molar-refractivity contribution in [3.8, 4) is 0 Å². The highest BCUT2D eigenvalue weighted by atomic mass is 32.2. The summed E-state index contributed by atoms with van der Waals surface area (Å²) in [6, 6.07) is 11.5. The number of H-pyrrole nitrogens is 1. The lowest BCUT2D eigenvalue weighted by Crippen LogP contribution is -2.45. The van der Waals surface area contributed by atoms with Gasteiger partial charge < -0.3 is 11.1 Å². The molecule has 0 spiro atoms. The van der Waals surface area contributed by atoms with E-state index in [9.17, 15) is 17.6 Å². The van der Waals surface area contributed by atoms with Crippen molar-refractivity contribution in [1.82, 2.24) is 14.5 Å². The summed E-state index contributed by atoms with van der Waals surface area (Å²) in [6.07, 6.45) is 0. The number of hydrogen-bond donors (Lipinski definition) is 3. The molecule has 31 heavy (non-hydrogen) atoms. The number of carbonyl (C=O) groups is 1.